The second kappa shape index (κ2) is 10.8. The number of anilines is 1. The van der Waals surface area contributed by atoms with E-state index in [1.807, 2.05) is 42.5 Å². The average Bonchev–Trinajstić information content (AvgIpc) is 3.24. The first-order chi connectivity index (χ1) is 16.5. The van der Waals surface area contributed by atoms with Gasteiger partial charge < -0.3 is 29.3 Å². The molecule has 3 atom stereocenters. The number of nitrogens with zero attached hydrogens (tertiary/aromatic N) is 2. The molecule has 0 aliphatic carbocycles. The van der Waals surface area contributed by atoms with Gasteiger partial charge in [-0.1, -0.05) is 35.9 Å². The van der Waals surface area contributed by atoms with Crippen LogP contribution in [0.25, 0.3) is 10.9 Å². The van der Waals surface area contributed by atoms with Gasteiger partial charge >= 0.3 is 15.2 Å². The summed E-state index contributed by atoms with van der Waals surface area (Å²) >= 11 is 12.4. The van der Waals surface area contributed by atoms with Gasteiger partial charge in [-0.3, -0.25) is 9.13 Å². The van der Waals surface area contributed by atoms with Gasteiger partial charge in [0, 0.05) is 17.0 Å². The molecule has 1 unspecified atom stereocenters. The van der Waals surface area contributed by atoms with Gasteiger partial charge in [-0.25, -0.2) is 9.97 Å². The minimum absolute atomic E-state index is 0.0821. The monoisotopic (exact) mass is 561 g/mol. The molecule has 4 rings (SSSR count). The summed E-state index contributed by atoms with van der Waals surface area (Å²) < 4.78 is 33.7. The Bertz CT molecular complexity index is 1320. The van der Waals surface area contributed by atoms with Crippen LogP contribution in [-0.4, -0.2) is 43.3 Å². The van der Waals surface area contributed by atoms with E-state index in [1.54, 1.807) is 0 Å². The van der Waals surface area contributed by atoms with Crippen molar-refractivity contribution in [1.29, 1.82) is 0 Å². The molecule has 1 fully saturated rings. The molecule has 1 saturated heterocycles. The van der Waals surface area contributed by atoms with Crippen LogP contribution in [-0.2, 0) is 24.9 Å². The van der Waals surface area contributed by atoms with E-state index in [9.17, 15) is 14.0 Å². The lowest BCUT2D eigenvalue weighted by molar-refractivity contribution is 0.0150. The smallest absolute Gasteiger partial charge is 0.340 e. The van der Waals surface area contributed by atoms with Gasteiger partial charge in [0.05, 0.1) is 24.3 Å². The molecule has 0 bridgehead atoms. The second-order valence-electron chi connectivity index (χ2n) is 8.13. The van der Waals surface area contributed by atoms with E-state index in [2.05, 4.69) is 15.3 Å². The van der Waals surface area contributed by atoms with Crippen LogP contribution in [0.4, 0.5) is 5.82 Å². The Labute approximate surface area is 211 Å². The van der Waals surface area contributed by atoms with Crippen LogP contribution >= 0.6 is 38.4 Å². The highest BCUT2D eigenvalue weighted by atomic mass is 35.5. The van der Waals surface area contributed by atoms with Crippen molar-refractivity contribution in [3.8, 4) is 0 Å². The fourth-order valence-corrected chi connectivity index (χ4v) is 6.79. The Morgan fingerprint density at radius 3 is 2.60 bits per heavy atom. The minimum atomic E-state index is -4.68. The Morgan fingerprint density at radius 1 is 1.09 bits per heavy atom. The molecule has 2 aromatic carbocycles. The SMILES string of the molecule is O=P(O)(O)CP(=O)(O)OC[C@@H]1CC[C@H](c2ccc3c(NCc4ccccc4Cl)nc(Cl)nc3c2)O1. The third-order valence-electron chi connectivity index (χ3n) is 5.40. The van der Waals surface area contributed by atoms with Crippen LogP contribution in [0.3, 0.4) is 0 Å². The molecule has 3 aromatic rings. The van der Waals surface area contributed by atoms with Crippen molar-refractivity contribution in [2.75, 3.05) is 17.8 Å². The van der Waals surface area contributed by atoms with Gasteiger partial charge in [-0.05, 0) is 53.8 Å². The Kier molecular flexibility index (Phi) is 8.18. The molecule has 35 heavy (non-hydrogen) atoms. The number of hydrogen-bond donors (Lipinski definition) is 4. The molecular weight excluding hydrogens is 539 g/mol. The molecule has 10 nitrogen and oxygen atoms in total. The lowest BCUT2D eigenvalue weighted by Gasteiger charge is -2.17. The third kappa shape index (κ3) is 7.23. The van der Waals surface area contributed by atoms with Crippen molar-refractivity contribution in [2.24, 2.45) is 0 Å². The van der Waals surface area contributed by atoms with Crippen LogP contribution in [0.5, 0.6) is 0 Å². The van der Waals surface area contributed by atoms with Gasteiger partial charge in [-0.15, -0.1) is 0 Å². The highest BCUT2D eigenvalue weighted by Gasteiger charge is 2.34. The maximum Gasteiger partial charge on any atom is 0.340 e. The molecular formula is C21H23Cl2N3O7P2. The third-order valence-corrected chi connectivity index (χ3v) is 9.40. The van der Waals surface area contributed by atoms with E-state index in [0.29, 0.717) is 35.7 Å². The van der Waals surface area contributed by atoms with Crippen molar-refractivity contribution in [3.05, 3.63) is 63.9 Å². The predicted molar refractivity (Wildman–Crippen MR) is 133 cm³/mol. The van der Waals surface area contributed by atoms with E-state index in [1.165, 1.54) is 0 Å². The Balaban J connectivity index is 1.44. The first-order valence-corrected chi connectivity index (χ1v) is 14.9. The van der Waals surface area contributed by atoms with Gasteiger partial charge in [0.1, 0.15) is 5.82 Å². The van der Waals surface area contributed by atoms with Crippen molar-refractivity contribution >= 4 is 55.1 Å². The number of hydrogen-bond acceptors (Lipinski definition) is 7. The number of halogens is 2. The molecule has 4 N–H and O–H groups in total. The van der Waals surface area contributed by atoms with Crippen LogP contribution < -0.4 is 5.32 Å². The molecule has 0 saturated carbocycles. The number of nitrogens with one attached hydrogen (secondary N) is 1. The highest BCUT2D eigenvalue weighted by molar-refractivity contribution is 7.70. The van der Waals surface area contributed by atoms with Crippen LogP contribution in [0.15, 0.2) is 42.5 Å². The summed E-state index contributed by atoms with van der Waals surface area (Å²) in [6.07, 6.45) is 0.383. The predicted octanol–water partition coefficient (Wildman–Crippen LogP) is 5.11. The number of rotatable bonds is 9. The molecule has 1 aromatic heterocycles. The Hall–Kier alpha value is -1.58. The van der Waals surface area contributed by atoms with Gasteiger partial charge in [0.2, 0.25) is 5.28 Å². The normalized spacial score (nSPS) is 20.1. The molecule has 1 aliphatic rings. The minimum Gasteiger partial charge on any atom is -0.368 e. The summed E-state index contributed by atoms with van der Waals surface area (Å²) in [4.78, 5) is 36.1. The Morgan fingerprint density at radius 2 is 1.86 bits per heavy atom. The summed E-state index contributed by atoms with van der Waals surface area (Å²) in [7, 11) is -9.10. The van der Waals surface area contributed by atoms with E-state index in [-0.39, 0.29) is 18.0 Å². The summed E-state index contributed by atoms with van der Waals surface area (Å²) in [6.45, 7) is 0.204. The largest absolute Gasteiger partial charge is 0.368 e. The number of benzene rings is 2. The molecule has 1 aliphatic heterocycles. The average molecular weight is 562 g/mol. The molecule has 0 spiro atoms. The lowest BCUT2D eigenvalue weighted by atomic mass is 10.0. The summed E-state index contributed by atoms with van der Waals surface area (Å²) in [6, 6.07) is 13.1. The van der Waals surface area contributed by atoms with E-state index in [4.69, 9.17) is 42.2 Å². The maximum atomic E-state index is 11.9. The van der Waals surface area contributed by atoms with E-state index in [0.717, 1.165) is 16.5 Å². The van der Waals surface area contributed by atoms with Crippen molar-refractivity contribution in [2.45, 2.75) is 31.6 Å². The fourth-order valence-electron chi connectivity index (χ4n) is 3.82. The number of aromatic nitrogens is 2. The lowest BCUT2D eigenvalue weighted by Crippen LogP contribution is -2.14. The zero-order valence-corrected chi connectivity index (χ0v) is 21.6. The first-order valence-electron chi connectivity index (χ1n) is 10.6. The second-order valence-corrected chi connectivity index (χ2v) is 12.9. The van der Waals surface area contributed by atoms with Crippen LogP contribution in [0.2, 0.25) is 10.3 Å². The van der Waals surface area contributed by atoms with Crippen molar-refractivity contribution in [3.63, 3.8) is 0 Å². The van der Waals surface area contributed by atoms with Gasteiger partial charge in [0.25, 0.3) is 0 Å². The zero-order valence-electron chi connectivity index (χ0n) is 18.3. The molecule has 14 heteroatoms. The molecule has 188 valence electrons. The van der Waals surface area contributed by atoms with Gasteiger partial charge in [-0.2, -0.15) is 0 Å². The topological polar surface area (TPSA) is 151 Å². The summed E-state index contributed by atoms with van der Waals surface area (Å²) in [5, 5.41) is 4.74. The molecule has 0 amide bonds. The molecule has 2 heterocycles. The maximum absolute atomic E-state index is 11.9. The van der Waals surface area contributed by atoms with E-state index >= 15 is 0 Å². The summed E-state index contributed by atoms with van der Waals surface area (Å²) in [5.41, 5.74) is 2.37. The van der Waals surface area contributed by atoms with Crippen LogP contribution in [0.1, 0.15) is 30.1 Å². The summed E-state index contributed by atoms with van der Waals surface area (Å²) in [5.74, 6) is -0.664. The number of fused-ring (bicyclic) bond motifs is 1. The number of ether oxygens (including phenoxy) is 1. The molecule has 0 radical (unpaired) electrons. The fraction of sp³-hybridized carbons (Fsp3) is 0.333. The van der Waals surface area contributed by atoms with Crippen molar-refractivity contribution < 1.29 is 33.1 Å². The van der Waals surface area contributed by atoms with Crippen molar-refractivity contribution in [1.82, 2.24) is 9.97 Å². The van der Waals surface area contributed by atoms with Crippen LogP contribution in [0, 0.1) is 0 Å². The highest BCUT2D eigenvalue weighted by Crippen LogP contribution is 2.55. The standard InChI is InChI=1S/C21H23Cl2N3O7P2/c22-17-4-2-1-3-14(17)10-24-20-16-7-5-13(9-18(16)25-21(23)26-20)19-8-6-15(33-19)11-32-35(30,31)12-34(27,28)29/h1-5,7,9,15,19H,6,8,10-12H2,(H,30,31)(H,24,25,26)(H2,27,28,29)/t15-,19+/m0/s1. The van der Waals surface area contributed by atoms with E-state index < -0.39 is 27.2 Å². The quantitative estimate of drug-likeness (QED) is 0.205. The first kappa shape index (κ1) is 26.5. The zero-order chi connectivity index (χ0) is 25.2. The van der Waals surface area contributed by atoms with Gasteiger partial charge in [0.15, 0.2) is 5.90 Å².